The predicted molar refractivity (Wildman–Crippen MR) is 87.1 cm³/mol. The predicted octanol–water partition coefficient (Wildman–Crippen LogP) is -0.433. The molecule has 8 nitrogen and oxygen atoms in total. The van der Waals surface area contributed by atoms with Crippen LogP contribution in [0.4, 0.5) is 0 Å². The molecule has 1 fully saturated rings. The summed E-state index contributed by atoms with van der Waals surface area (Å²) in [5.41, 5.74) is -5.80. The topological polar surface area (TPSA) is 149 Å². The Morgan fingerprint density at radius 3 is 1.25 bits per heavy atom. The molecule has 136 valence electrons. The number of hydrogen-bond acceptors (Lipinski definition) is 8. The van der Waals surface area contributed by atoms with Gasteiger partial charge in [0.05, 0.1) is 0 Å². The van der Waals surface area contributed by atoms with Crippen LogP contribution in [0.15, 0.2) is 0 Å². The van der Waals surface area contributed by atoms with E-state index >= 15 is 0 Å². The molecular weight excluding hydrogens is 456 g/mol. The molecule has 4 N–H and O–H groups in total. The highest BCUT2D eigenvalue weighted by Crippen LogP contribution is 2.68. The normalized spacial score (nSPS) is 25.6. The molecule has 0 unspecified atom stereocenters. The zero-order chi connectivity index (χ0) is 19.5. The Hall–Kier alpha value is -0.520. The molecule has 0 heterocycles. The van der Waals surface area contributed by atoms with Crippen LogP contribution < -0.4 is 0 Å². The average Bonchev–Trinajstić information content (AvgIpc) is 2.29. The molecule has 0 aromatic heterocycles. The highest BCUT2D eigenvalue weighted by molar-refractivity contribution is 9.25. The molecule has 1 aliphatic rings. The summed E-state index contributed by atoms with van der Waals surface area (Å²) in [6, 6.07) is 0. The van der Waals surface area contributed by atoms with Crippen LogP contribution in [0.2, 0.25) is 0 Å². The number of Topliss-reactive ketones (excluding diaryl/α,β-unsaturated/α-hetero) is 4. The molecule has 0 spiro atoms. The van der Waals surface area contributed by atoms with E-state index in [1.54, 1.807) is 0 Å². The van der Waals surface area contributed by atoms with Crippen molar-refractivity contribution >= 4 is 55.0 Å². The number of rotatable bonds is 4. The van der Waals surface area contributed by atoms with Gasteiger partial charge in [-0.2, -0.15) is 0 Å². The Labute approximate surface area is 154 Å². The molecule has 24 heavy (non-hydrogen) atoms. The summed E-state index contributed by atoms with van der Waals surface area (Å²) < 4.78 is -2.01. The molecule has 0 radical (unpaired) electrons. The molecule has 0 aromatic rings. The monoisotopic (exact) mass is 472 g/mol. The fourth-order valence-electron chi connectivity index (χ4n) is 3.96. The van der Waals surface area contributed by atoms with Gasteiger partial charge in [0, 0.05) is 6.42 Å². The van der Waals surface area contributed by atoms with Gasteiger partial charge >= 0.3 is 0 Å². The fourth-order valence-corrected chi connectivity index (χ4v) is 6.45. The standard InChI is InChI=1S/C14H18Br2O8/c1-6(17)12(7(2)18)10(15,16)5-11(21,22)14(23,24)13(12,8(3)19)9(4)20/h21-24H,5H2,1-4H3. The fraction of sp³-hybridized carbons (Fsp3) is 0.714. The summed E-state index contributed by atoms with van der Waals surface area (Å²) in [7, 11) is 0. The van der Waals surface area contributed by atoms with E-state index in [1.807, 2.05) is 0 Å². The third kappa shape index (κ3) is 2.10. The first kappa shape index (κ1) is 21.5. The second kappa shape index (κ2) is 5.75. The molecule has 0 saturated heterocycles. The Morgan fingerprint density at radius 1 is 0.708 bits per heavy atom. The first-order valence-electron chi connectivity index (χ1n) is 6.80. The minimum atomic E-state index is -3.81. The summed E-state index contributed by atoms with van der Waals surface area (Å²) in [6.07, 6.45) is -0.992. The largest absolute Gasteiger partial charge is 0.361 e. The molecule has 0 aliphatic heterocycles. The van der Waals surface area contributed by atoms with Crippen molar-refractivity contribution in [2.45, 2.75) is 48.9 Å². The van der Waals surface area contributed by atoms with E-state index in [-0.39, 0.29) is 0 Å². The van der Waals surface area contributed by atoms with Gasteiger partial charge in [-0.05, 0) is 27.7 Å². The molecular formula is C14H18Br2O8. The van der Waals surface area contributed by atoms with E-state index < -0.39 is 55.2 Å². The maximum Gasteiger partial charge on any atom is 0.240 e. The van der Waals surface area contributed by atoms with Gasteiger partial charge in [-0.25, -0.2) is 0 Å². The van der Waals surface area contributed by atoms with E-state index in [0.29, 0.717) is 0 Å². The number of carbonyl (C=O) groups excluding carboxylic acids is 4. The van der Waals surface area contributed by atoms with Crippen molar-refractivity contribution in [1.82, 2.24) is 0 Å². The molecule has 0 amide bonds. The summed E-state index contributed by atoms with van der Waals surface area (Å²) >= 11 is 5.97. The van der Waals surface area contributed by atoms with Crippen molar-refractivity contribution in [2.75, 3.05) is 0 Å². The van der Waals surface area contributed by atoms with Gasteiger partial charge in [-0.3, -0.25) is 19.2 Å². The van der Waals surface area contributed by atoms with Crippen LogP contribution >= 0.6 is 31.9 Å². The summed E-state index contributed by atoms with van der Waals surface area (Å²) in [5, 5.41) is 41.2. The zero-order valence-corrected chi connectivity index (χ0v) is 16.6. The lowest BCUT2D eigenvalue weighted by Gasteiger charge is -2.62. The van der Waals surface area contributed by atoms with Crippen LogP contribution in [-0.4, -0.2) is 58.4 Å². The Balaban J connectivity index is 4.30. The molecule has 1 aliphatic carbocycles. The van der Waals surface area contributed by atoms with Crippen LogP contribution in [-0.2, 0) is 19.2 Å². The zero-order valence-electron chi connectivity index (χ0n) is 13.4. The highest BCUT2D eigenvalue weighted by atomic mass is 79.9. The van der Waals surface area contributed by atoms with E-state index in [2.05, 4.69) is 31.9 Å². The van der Waals surface area contributed by atoms with Crippen molar-refractivity contribution < 1.29 is 39.6 Å². The SMILES string of the molecule is CC(=O)C1(C(C)=O)C(Br)(Br)CC(O)(O)C(O)(O)C1(C(C)=O)C(C)=O. The lowest BCUT2D eigenvalue weighted by Crippen LogP contribution is -2.84. The lowest BCUT2D eigenvalue weighted by molar-refractivity contribution is -0.408. The number of alkyl halides is 2. The van der Waals surface area contributed by atoms with Crippen LogP contribution in [0, 0.1) is 10.8 Å². The minimum Gasteiger partial charge on any atom is -0.361 e. The van der Waals surface area contributed by atoms with Crippen LogP contribution in [0.5, 0.6) is 0 Å². The van der Waals surface area contributed by atoms with Crippen molar-refractivity contribution in [3.8, 4) is 0 Å². The van der Waals surface area contributed by atoms with Crippen molar-refractivity contribution in [2.24, 2.45) is 10.8 Å². The van der Waals surface area contributed by atoms with Gasteiger partial charge in [0.2, 0.25) is 11.6 Å². The van der Waals surface area contributed by atoms with E-state index in [4.69, 9.17) is 0 Å². The van der Waals surface area contributed by atoms with Gasteiger partial charge in [0.15, 0.2) is 17.0 Å². The Bertz CT molecular complexity index is 607. The second-order valence-electron chi connectivity index (χ2n) is 6.09. The molecule has 1 saturated carbocycles. The number of hydrogen-bond donors (Lipinski definition) is 4. The van der Waals surface area contributed by atoms with E-state index in [0.717, 1.165) is 27.7 Å². The first-order chi connectivity index (χ1) is 10.5. The first-order valence-corrected chi connectivity index (χ1v) is 8.38. The molecule has 10 heteroatoms. The van der Waals surface area contributed by atoms with Gasteiger partial charge in [-0.15, -0.1) is 0 Å². The number of halogens is 2. The third-order valence-corrected chi connectivity index (χ3v) is 6.52. The molecule has 1 rings (SSSR count). The molecule has 0 atom stereocenters. The van der Waals surface area contributed by atoms with Gasteiger partial charge < -0.3 is 20.4 Å². The van der Waals surface area contributed by atoms with Crippen LogP contribution in [0.25, 0.3) is 0 Å². The molecule has 0 aromatic carbocycles. The van der Waals surface area contributed by atoms with Crippen molar-refractivity contribution in [3.05, 3.63) is 0 Å². The van der Waals surface area contributed by atoms with Gasteiger partial charge in [0.1, 0.15) is 20.2 Å². The number of aliphatic hydroxyl groups is 4. The third-order valence-electron chi connectivity index (χ3n) is 4.77. The van der Waals surface area contributed by atoms with Crippen LogP contribution in [0.1, 0.15) is 34.1 Å². The van der Waals surface area contributed by atoms with E-state index in [1.165, 1.54) is 0 Å². The Kier molecular flexibility index (Phi) is 5.15. The van der Waals surface area contributed by atoms with Crippen molar-refractivity contribution in [3.63, 3.8) is 0 Å². The van der Waals surface area contributed by atoms with Gasteiger partial charge in [-0.1, -0.05) is 31.9 Å². The lowest BCUT2D eigenvalue weighted by atomic mass is 9.45. The number of carbonyl (C=O) groups is 4. The summed E-state index contributed by atoms with van der Waals surface area (Å²) in [4.78, 5) is 50.0. The summed E-state index contributed by atoms with van der Waals surface area (Å²) in [6.45, 7) is 3.33. The quantitative estimate of drug-likeness (QED) is 0.244. The smallest absolute Gasteiger partial charge is 0.240 e. The summed E-state index contributed by atoms with van der Waals surface area (Å²) in [5.74, 6) is -11.8. The minimum absolute atomic E-state index is 0.765. The maximum atomic E-state index is 12.5. The van der Waals surface area contributed by atoms with Crippen LogP contribution in [0.3, 0.4) is 0 Å². The second-order valence-corrected chi connectivity index (χ2v) is 9.87. The highest BCUT2D eigenvalue weighted by Gasteiger charge is 2.86. The number of ketones is 4. The van der Waals surface area contributed by atoms with Gasteiger partial charge in [0.25, 0.3) is 0 Å². The van der Waals surface area contributed by atoms with Crippen molar-refractivity contribution in [1.29, 1.82) is 0 Å². The average molecular weight is 474 g/mol. The Morgan fingerprint density at radius 2 is 1.00 bits per heavy atom. The molecule has 0 bridgehead atoms. The maximum absolute atomic E-state index is 12.5. The van der Waals surface area contributed by atoms with E-state index in [9.17, 15) is 39.6 Å².